The van der Waals surface area contributed by atoms with Crippen molar-refractivity contribution in [2.24, 2.45) is 22.7 Å². The van der Waals surface area contributed by atoms with Gasteiger partial charge in [-0.15, -0.1) is 0 Å². The van der Waals surface area contributed by atoms with Crippen LogP contribution in [0.4, 0.5) is 0 Å². The Balaban J connectivity index is 1.94. The summed E-state index contributed by atoms with van der Waals surface area (Å²) in [4.78, 5) is 78.6. The van der Waals surface area contributed by atoms with E-state index in [-0.39, 0.29) is 50.5 Å². The van der Waals surface area contributed by atoms with E-state index in [9.17, 15) is 49.2 Å². The molecule has 4 aliphatic heterocycles. The van der Waals surface area contributed by atoms with E-state index in [2.05, 4.69) is 0 Å². The van der Waals surface area contributed by atoms with Crippen LogP contribution in [0.25, 0.3) is 0 Å². The number of cyclic esters (lactones) is 1. The SMILES string of the molecule is CCCC=CC=CC(=O)C(C=O)C1C(=CC(=O)OC)CC2CC(C(C)O)OC(=O)CC(O)CC3CC(OC(C)=O)C(C)(C)C(O)(CC4CC(=CC(=O)OC)CC(C=CC(C)(C)C1(O)O2)O4)O3. The third kappa shape index (κ3) is 13.4. The smallest absolute Gasteiger partial charge is 0.330 e. The topological polar surface area (TPSA) is 248 Å². The summed E-state index contributed by atoms with van der Waals surface area (Å²) < 4.78 is 40.9. The third-order valence-corrected chi connectivity index (χ3v) is 13.1. The summed E-state index contributed by atoms with van der Waals surface area (Å²) >= 11 is 0. The molecule has 17 heteroatoms. The van der Waals surface area contributed by atoms with Gasteiger partial charge in [-0.25, -0.2) is 9.59 Å². The molecule has 4 heterocycles. The Bertz CT molecular complexity index is 1910. The number of allylic oxidation sites excluding steroid dienone is 4. The molecule has 4 rings (SSSR count). The first-order valence-electron chi connectivity index (χ1n) is 22.7. The Morgan fingerprint density at radius 1 is 0.909 bits per heavy atom. The van der Waals surface area contributed by atoms with E-state index >= 15 is 0 Å². The quantitative estimate of drug-likeness (QED) is 0.0427. The second kappa shape index (κ2) is 23.1. The van der Waals surface area contributed by atoms with Crippen molar-refractivity contribution in [1.82, 2.24) is 0 Å². The molecule has 12 unspecified atom stereocenters. The number of ketones is 1. The molecular formula is C49H70O17. The minimum absolute atomic E-state index is 0.0595. The van der Waals surface area contributed by atoms with Gasteiger partial charge in [0.25, 0.3) is 0 Å². The summed E-state index contributed by atoms with van der Waals surface area (Å²) in [6.45, 7) is 11.1. The molecule has 6 bridgehead atoms. The first kappa shape index (κ1) is 54.2. The lowest BCUT2D eigenvalue weighted by molar-refractivity contribution is -0.348. The Morgan fingerprint density at radius 2 is 1.59 bits per heavy atom. The fourth-order valence-electron chi connectivity index (χ4n) is 9.28. The van der Waals surface area contributed by atoms with Gasteiger partial charge in [0.15, 0.2) is 17.4 Å². The van der Waals surface area contributed by atoms with E-state index in [4.69, 9.17) is 33.2 Å². The first-order chi connectivity index (χ1) is 30.9. The molecule has 0 radical (unpaired) electrons. The molecule has 3 saturated heterocycles. The zero-order valence-corrected chi connectivity index (χ0v) is 39.6. The maximum absolute atomic E-state index is 14.0. The first-order valence-corrected chi connectivity index (χ1v) is 22.7. The van der Waals surface area contributed by atoms with Crippen LogP contribution in [0.1, 0.15) is 113 Å². The maximum atomic E-state index is 14.0. The standard InChI is InChI=1S/C49H70O17/c1-10-11-12-13-14-15-39(54)38(28-50)45-32(22-43(56)61-9)21-35-25-40(29(2)51)64-44(57)24-33(53)23-36-26-41(62-30(3)52)47(6,7)48(58,65-36)27-37-19-31(20-42(55)60-8)18-34(63-37)16-17-46(4,5)49(45,59)66-35/h12-17,20,22,28-29,33-38,40-41,45,51,53,58-59H,10-11,18-19,21,23-27H2,1-9H3. The van der Waals surface area contributed by atoms with Crippen molar-refractivity contribution in [2.75, 3.05) is 14.2 Å². The van der Waals surface area contributed by atoms with Gasteiger partial charge in [0.1, 0.15) is 18.5 Å². The number of esters is 4. The lowest BCUT2D eigenvalue weighted by Gasteiger charge is -2.54. The van der Waals surface area contributed by atoms with Crippen molar-refractivity contribution in [1.29, 1.82) is 0 Å². The van der Waals surface area contributed by atoms with E-state index in [0.717, 1.165) is 26.0 Å². The summed E-state index contributed by atoms with van der Waals surface area (Å²) in [5.74, 6) is -11.4. The van der Waals surface area contributed by atoms with Gasteiger partial charge in [-0.2, -0.15) is 0 Å². The summed E-state index contributed by atoms with van der Waals surface area (Å²) in [5, 5.41) is 47.9. The molecule has 17 nitrogen and oxygen atoms in total. The monoisotopic (exact) mass is 930 g/mol. The van der Waals surface area contributed by atoms with Gasteiger partial charge in [-0.1, -0.05) is 82.6 Å². The number of aldehydes is 1. The molecule has 368 valence electrons. The van der Waals surface area contributed by atoms with Crippen LogP contribution in [-0.4, -0.2) is 131 Å². The predicted octanol–water partition coefficient (Wildman–Crippen LogP) is 4.37. The molecule has 0 aliphatic carbocycles. The average molecular weight is 931 g/mol. The molecule has 0 aromatic carbocycles. The molecule has 66 heavy (non-hydrogen) atoms. The van der Waals surface area contributed by atoms with E-state index < -0.39 is 119 Å². The third-order valence-electron chi connectivity index (χ3n) is 13.1. The van der Waals surface area contributed by atoms with Gasteiger partial charge in [0, 0.05) is 50.2 Å². The van der Waals surface area contributed by atoms with Gasteiger partial charge < -0.3 is 58.4 Å². The van der Waals surface area contributed by atoms with Crippen molar-refractivity contribution in [3.8, 4) is 0 Å². The number of fused-ring (bicyclic) bond motifs is 6. The highest BCUT2D eigenvalue weighted by Gasteiger charge is 2.60. The highest BCUT2D eigenvalue weighted by molar-refractivity contribution is 6.02. The Labute approximate surface area is 387 Å². The minimum atomic E-state index is -2.50. The van der Waals surface area contributed by atoms with Gasteiger partial charge >= 0.3 is 23.9 Å². The average Bonchev–Trinajstić information content (AvgIpc) is 3.22. The van der Waals surface area contributed by atoms with E-state index in [1.165, 1.54) is 39.2 Å². The fourth-order valence-corrected chi connectivity index (χ4v) is 9.28. The lowest BCUT2D eigenvalue weighted by atomic mass is 9.64. The van der Waals surface area contributed by atoms with E-state index in [1.54, 1.807) is 45.9 Å². The summed E-state index contributed by atoms with van der Waals surface area (Å²) in [6, 6.07) is 0. The molecule has 0 spiro atoms. The van der Waals surface area contributed by atoms with Crippen LogP contribution in [0.15, 0.2) is 59.8 Å². The number of methoxy groups -OCH3 is 2. The number of aliphatic hydroxyl groups excluding tert-OH is 2. The van der Waals surface area contributed by atoms with Gasteiger partial charge in [-0.3, -0.25) is 14.4 Å². The number of hydrogen-bond donors (Lipinski definition) is 4. The Kier molecular flexibility index (Phi) is 19.0. The number of carbonyl (C=O) groups excluding carboxylic acids is 6. The highest BCUT2D eigenvalue weighted by atomic mass is 16.7. The zero-order valence-electron chi connectivity index (χ0n) is 39.6. The highest BCUT2D eigenvalue weighted by Crippen LogP contribution is 2.52. The van der Waals surface area contributed by atoms with Crippen molar-refractivity contribution in [3.05, 3.63) is 59.8 Å². The molecule has 4 aliphatic rings. The van der Waals surface area contributed by atoms with Crippen molar-refractivity contribution in [2.45, 2.75) is 173 Å². The summed E-state index contributed by atoms with van der Waals surface area (Å²) in [5.41, 5.74) is -2.14. The largest absolute Gasteiger partial charge is 0.466 e. The summed E-state index contributed by atoms with van der Waals surface area (Å²) in [6.07, 6.45) is 4.03. The van der Waals surface area contributed by atoms with Gasteiger partial charge in [0.05, 0.1) is 74.5 Å². The number of carbonyl (C=O) groups is 6. The Morgan fingerprint density at radius 3 is 2.21 bits per heavy atom. The van der Waals surface area contributed by atoms with Crippen LogP contribution in [0, 0.1) is 22.7 Å². The molecular weight excluding hydrogens is 861 g/mol. The fraction of sp³-hybridized carbons (Fsp3) is 0.673. The molecule has 0 aromatic heterocycles. The molecule has 12 atom stereocenters. The Hall–Kier alpha value is -4.36. The second-order valence-electron chi connectivity index (χ2n) is 19.0. The van der Waals surface area contributed by atoms with Crippen LogP contribution >= 0.6 is 0 Å². The minimum Gasteiger partial charge on any atom is -0.466 e. The van der Waals surface area contributed by atoms with Crippen molar-refractivity contribution in [3.63, 3.8) is 0 Å². The van der Waals surface area contributed by atoms with Crippen LogP contribution in [-0.2, 0) is 61.9 Å². The van der Waals surface area contributed by atoms with Crippen LogP contribution in [0.3, 0.4) is 0 Å². The number of hydrogen-bond acceptors (Lipinski definition) is 17. The number of rotatable bonds is 11. The number of unbranched alkanes of at least 4 members (excludes halogenated alkanes) is 1. The number of aliphatic hydroxyl groups is 4. The van der Waals surface area contributed by atoms with Crippen LogP contribution in [0.5, 0.6) is 0 Å². The van der Waals surface area contributed by atoms with E-state index in [0.29, 0.717) is 11.9 Å². The maximum Gasteiger partial charge on any atom is 0.330 e. The molecule has 4 N–H and O–H groups in total. The predicted molar refractivity (Wildman–Crippen MR) is 237 cm³/mol. The van der Waals surface area contributed by atoms with E-state index in [1.807, 2.05) is 13.0 Å². The second-order valence-corrected chi connectivity index (χ2v) is 19.0. The molecule has 0 amide bonds. The zero-order chi connectivity index (χ0) is 49.2. The molecule has 3 fully saturated rings. The number of ether oxygens (including phenoxy) is 7. The van der Waals surface area contributed by atoms with Crippen molar-refractivity contribution >= 4 is 35.9 Å². The van der Waals surface area contributed by atoms with Crippen molar-refractivity contribution < 1.29 is 82.4 Å². The molecule has 0 aromatic rings. The van der Waals surface area contributed by atoms with Crippen LogP contribution < -0.4 is 0 Å². The van der Waals surface area contributed by atoms with Crippen LogP contribution in [0.2, 0.25) is 0 Å². The summed E-state index contributed by atoms with van der Waals surface area (Å²) in [7, 11) is 2.38. The van der Waals surface area contributed by atoms with Gasteiger partial charge in [0.2, 0.25) is 0 Å². The lowest BCUT2D eigenvalue weighted by Crippen LogP contribution is -2.62. The normalized spacial score (nSPS) is 35.1. The van der Waals surface area contributed by atoms with Gasteiger partial charge in [-0.05, 0) is 38.7 Å². The molecule has 0 saturated carbocycles.